The number of hydrogen-bond acceptors (Lipinski definition) is 3. The summed E-state index contributed by atoms with van der Waals surface area (Å²) in [5.41, 5.74) is 8.44. The van der Waals surface area contributed by atoms with Gasteiger partial charge in [-0.25, -0.2) is 0 Å². The van der Waals surface area contributed by atoms with Crippen molar-refractivity contribution in [3.8, 4) is 0 Å². The number of aryl methyl sites for hydroxylation is 2. The number of aromatic amines is 1. The Balaban J connectivity index is 1.95. The Morgan fingerprint density at radius 3 is 2.90 bits per heavy atom. The average Bonchev–Trinajstić information content (AvgIpc) is 2.86. The van der Waals surface area contributed by atoms with Gasteiger partial charge < -0.3 is 11.1 Å². The first-order valence-electron chi connectivity index (χ1n) is 6.25. The third-order valence-electron chi connectivity index (χ3n) is 3.05. The van der Waals surface area contributed by atoms with Gasteiger partial charge in [0.15, 0.2) is 0 Å². The number of amides is 1. The van der Waals surface area contributed by atoms with Crippen LogP contribution in [0, 0.1) is 6.92 Å². The fraction of sp³-hybridized carbons (Fsp3) is 0.214. The largest absolute Gasteiger partial charge is 0.389 e. The van der Waals surface area contributed by atoms with Crippen LogP contribution in [0.3, 0.4) is 0 Å². The van der Waals surface area contributed by atoms with Crippen molar-refractivity contribution in [2.75, 3.05) is 5.32 Å². The van der Waals surface area contributed by atoms with E-state index in [9.17, 15) is 4.79 Å². The molecular formula is C14H16N4OS. The van der Waals surface area contributed by atoms with E-state index in [2.05, 4.69) is 15.5 Å². The number of nitrogens with one attached hydrogen (secondary N) is 2. The number of H-pyrrole nitrogens is 1. The molecule has 0 aliphatic rings. The number of benzene rings is 1. The Bertz CT molecular complexity index is 636. The SMILES string of the molecule is Cc1ccccc1CCC(=O)Nc1[nH]ncc1C(N)=S. The lowest BCUT2D eigenvalue weighted by molar-refractivity contribution is -0.116. The minimum Gasteiger partial charge on any atom is -0.389 e. The molecule has 1 aromatic heterocycles. The van der Waals surface area contributed by atoms with Crippen LogP contribution in [0.4, 0.5) is 5.82 Å². The summed E-state index contributed by atoms with van der Waals surface area (Å²) >= 11 is 4.88. The second-order valence-corrected chi connectivity index (χ2v) is 4.94. The number of thiocarbonyl (C=S) groups is 1. The van der Waals surface area contributed by atoms with Gasteiger partial charge in [-0.3, -0.25) is 9.89 Å². The van der Waals surface area contributed by atoms with Crippen molar-refractivity contribution in [2.45, 2.75) is 19.8 Å². The zero-order chi connectivity index (χ0) is 14.5. The summed E-state index contributed by atoms with van der Waals surface area (Å²) in [6, 6.07) is 8.02. The minimum atomic E-state index is -0.102. The van der Waals surface area contributed by atoms with Gasteiger partial charge in [0.05, 0.1) is 11.8 Å². The van der Waals surface area contributed by atoms with Crippen molar-refractivity contribution < 1.29 is 4.79 Å². The van der Waals surface area contributed by atoms with Crippen LogP contribution in [0.5, 0.6) is 0 Å². The summed E-state index contributed by atoms with van der Waals surface area (Å²) in [6.07, 6.45) is 2.58. The number of carbonyl (C=O) groups is 1. The Hall–Kier alpha value is -2.21. The van der Waals surface area contributed by atoms with Crippen LogP contribution in [-0.2, 0) is 11.2 Å². The molecule has 0 bridgehead atoms. The molecule has 0 aliphatic carbocycles. The molecule has 2 aromatic rings. The summed E-state index contributed by atoms with van der Waals surface area (Å²) in [6.45, 7) is 2.03. The molecule has 0 radical (unpaired) electrons. The zero-order valence-corrected chi connectivity index (χ0v) is 12.0. The molecule has 20 heavy (non-hydrogen) atoms. The summed E-state index contributed by atoms with van der Waals surface area (Å²) in [5.74, 6) is 0.349. The maximum Gasteiger partial charge on any atom is 0.225 e. The molecule has 1 aromatic carbocycles. The normalized spacial score (nSPS) is 10.2. The topological polar surface area (TPSA) is 83.8 Å². The lowest BCUT2D eigenvalue weighted by atomic mass is 10.0. The van der Waals surface area contributed by atoms with E-state index in [1.54, 1.807) is 0 Å². The third-order valence-corrected chi connectivity index (χ3v) is 3.27. The molecule has 0 atom stereocenters. The number of rotatable bonds is 5. The number of hydrogen-bond donors (Lipinski definition) is 3. The molecule has 5 nitrogen and oxygen atoms in total. The molecule has 4 N–H and O–H groups in total. The fourth-order valence-electron chi connectivity index (χ4n) is 1.91. The Morgan fingerprint density at radius 1 is 1.45 bits per heavy atom. The second kappa shape index (κ2) is 6.29. The van der Waals surface area contributed by atoms with Crippen LogP contribution in [0.1, 0.15) is 23.1 Å². The molecule has 0 spiro atoms. The van der Waals surface area contributed by atoms with Gasteiger partial charge in [0.1, 0.15) is 10.8 Å². The molecule has 6 heteroatoms. The van der Waals surface area contributed by atoms with Crippen LogP contribution in [0.15, 0.2) is 30.5 Å². The number of nitrogens with zero attached hydrogens (tertiary/aromatic N) is 1. The number of nitrogens with two attached hydrogens (primary N) is 1. The molecule has 0 aliphatic heterocycles. The van der Waals surface area contributed by atoms with E-state index >= 15 is 0 Å². The Labute approximate surface area is 122 Å². The highest BCUT2D eigenvalue weighted by Gasteiger charge is 2.11. The maximum atomic E-state index is 11.9. The van der Waals surface area contributed by atoms with Gasteiger partial charge in [0.2, 0.25) is 5.91 Å². The van der Waals surface area contributed by atoms with Gasteiger partial charge in [0.25, 0.3) is 0 Å². The highest BCUT2D eigenvalue weighted by molar-refractivity contribution is 7.80. The predicted octanol–water partition coefficient (Wildman–Crippen LogP) is 1.92. The van der Waals surface area contributed by atoms with E-state index in [1.807, 2.05) is 31.2 Å². The molecule has 0 fully saturated rings. The van der Waals surface area contributed by atoms with Gasteiger partial charge in [0, 0.05) is 6.42 Å². The van der Waals surface area contributed by atoms with Crippen LogP contribution >= 0.6 is 12.2 Å². The van der Waals surface area contributed by atoms with Crippen molar-refractivity contribution in [1.82, 2.24) is 10.2 Å². The van der Waals surface area contributed by atoms with Gasteiger partial charge >= 0.3 is 0 Å². The summed E-state index contributed by atoms with van der Waals surface area (Å²) in [5, 5.41) is 9.24. The first-order valence-corrected chi connectivity index (χ1v) is 6.66. The molecule has 0 saturated carbocycles. The molecule has 2 rings (SSSR count). The smallest absolute Gasteiger partial charge is 0.225 e. The van der Waals surface area contributed by atoms with E-state index in [0.717, 1.165) is 0 Å². The van der Waals surface area contributed by atoms with Gasteiger partial charge in [-0.1, -0.05) is 36.5 Å². The highest BCUT2D eigenvalue weighted by atomic mass is 32.1. The quantitative estimate of drug-likeness (QED) is 0.734. The standard InChI is InChI=1S/C14H16N4OS/c1-9-4-2-3-5-10(9)6-7-12(19)17-14-11(13(15)20)8-16-18-14/h2-5,8H,6-7H2,1H3,(H2,15,20)(H2,16,17,18,19). The van der Waals surface area contributed by atoms with Gasteiger partial charge in [-0.15, -0.1) is 0 Å². The van der Waals surface area contributed by atoms with Gasteiger partial charge in [-0.2, -0.15) is 5.10 Å². The summed E-state index contributed by atoms with van der Waals surface area (Å²) in [4.78, 5) is 12.1. The monoisotopic (exact) mass is 288 g/mol. The van der Waals surface area contributed by atoms with Crippen LogP contribution < -0.4 is 11.1 Å². The highest BCUT2D eigenvalue weighted by Crippen LogP contribution is 2.13. The molecule has 104 valence electrons. The molecule has 0 unspecified atom stereocenters. The van der Waals surface area contributed by atoms with Crippen molar-refractivity contribution in [3.63, 3.8) is 0 Å². The van der Waals surface area contributed by atoms with E-state index < -0.39 is 0 Å². The third kappa shape index (κ3) is 3.42. The lowest BCUT2D eigenvalue weighted by Gasteiger charge is -2.07. The van der Waals surface area contributed by atoms with Crippen LogP contribution in [0.25, 0.3) is 0 Å². The molecular weight excluding hydrogens is 272 g/mol. The first-order chi connectivity index (χ1) is 9.58. The lowest BCUT2D eigenvalue weighted by Crippen LogP contribution is -2.17. The minimum absolute atomic E-state index is 0.102. The molecule has 0 saturated heterocycles. The predicted molar refractivity (Wildman–Crippen MR) is 82.6 cm³/mol. The Kier molecular flexibility index (Phi) is 4.47. The van der Waals surface area contributed by atoms with E-state index in [1.165, 1.54) is 17.3 Å². The van der Waals surface area contributed by atoms with E-state index in [4.69, 9.17) is 18.0 Å². The number of anilines is 1. The van der Waals surface area contributed by atoms with E-state index in [-0.39, 0.29) is 10.9 Å². The van der Waals surface area contributed by atoms with Crippen molar-refractivity contribution in [3.05, 3.63) is 47.2 Å². The van der Waals surface area contributed by atoms with Crippen molar-refractivity contribution >= 4 is 28.9 Å². The summed E-state index contributed by atoms with van der Waals surface area (Å²) in [7, 11) is 0. The van der Waals surface area contributed by atoms with Crippen molar-refractivity contribution in [1.29, 1.82) is 0 Å². The fourth-order valence-corrected chi connectivity index (χ4v) is 2.06. The maximum absolute atomic E-state index is 11.9. The van der Waals surface area contributed by atoms with Crippen LogP contribution in [-0.4, -0.2) is 21.1 Å². The zero-order valence-electron chi connectivity index (χ0n) is 11.1. The van der Waals surface area contributed by atoms with E-state index in [0.29, 0.717) is 24.2 Å². The molecule has 1 heterocycles. The number of aromatic nitrogens is 2. The van der Waals surface area contributed by atoms with Gasteiger partial charge in [-0.05, 0) is 24.5 Å². The summed E-state index contributed by atoms with van der Waals surface area (Å²) < 4.78 is 0. The number of carbonyl (C=O) groups excluding carboxylic acids is 1. The first kappa shape index (κ1) is 14.2. The van der Waals surface area contributed by atoms with Crippen molar-refractivity contribution in [2.24, 2.45) is 5.73 Å². The molecule has 1 amide bonds. The van der Waals surface area contributed by atoms with Crippen LogP contribution in [0.2, 0.25) is 0 Å². The second-order valence-electron chi connectivity index (χ2n) is 4.50. The average molecular weight is 288 g/mol. The Morgan fingerprint density at radius 2 is 2.20 bits per heavy atom.